The number of carbonyl (C=O) groups excluding carboxylic acids is 3. The van der Waals surface area contributed by atoms with Crippen molar-refractivity contribution < 1.29 is 19.1 Å². The van der Waals surface area contributed by atoms with Crippen molar-refractivity contribution in [2.75, 3.05) is 4.90 Å². The average Bonchev–Trinajstić information content (AvgIpc) is 2.77. The van der Waals surface area contributed by atoms with Crippen LogP contribution >= 0.6 is 11.6 Å². The number of imide groups is 2. The smallest absolute Gasteiger partial charge is 0.335 e. The first-order valence-corrected chi connectivity index (χ1v) is 10.7. The summed E-state index contributed by atoms with van der Waals surface area (Å²) in [6.07, 6.45) is 1.39. The highest BCUT2D eigenvalue weighted by atomic mass is 35.5. The molecule has 6 nitrogen and oxygen atoms in total. The molecule has 0 spiro atoms. The van der Waals surface area contributed by atoms with Crippen molar-refractivity contribution in [2.24, 2.45) is 0 Å². The maximum absolute atomic E-state index is 13.2. The number of hydrogen-bond acceptors (Lipinski definition) is 4. The summed E-state index contributed by atoms with van der Waals surface area (Å²) in [5, 5.41) is 2.64. The molecule has 0 saturated carbocycles. The first-order valence-electron chi connectivity index (χ1n) is 10.3. The van der Waals surface area contributed by atoms with E-state index < -0.39 is 17.8 Å². The van der Waals surface area contributed by atoms with Crippen molar-refractivity contribution in [2.45, 2.75) is 20.5 Å². The molecule has 1 fully saturated rings. The van der Waals surface area contributed by atoms with Gasteiger partial charge in [-0.2, -0.15) is 0 Å². The lowest BCUT2D eigenvalue weighted by atomic mass is 10.1. The van der Waals surface area contributed by atoms with Gasteiger partial charge in [0.2, 0.25) is 0 Å². The number of halogens is 1. The zero-order chi connectivity index (χ0) is 23.5. The number of amides is 4. The van der Waals surface area contributed by atoms with Crippen molar-refractivity contribution in [3.05, 3.63) is 99.6 Å². The van der Waals surface area contributed by atoms with Gasteiger partial charge in [0.25, 0.3) is 11.8 Å². The van der Waals surface area contributed by atoms with E-state index in [0.717, 1.165) is 21.6 Å². The minimum atomic E-state index is -0.798. The number of benzene rings is 3. The Bertz CT molecular complexity index is 1280. The number of nitrogens with one attached hydrogen (secondary N) is 1. The van der Waals surface area contributed by atoms with Gasteiger partial charge in [-0.25, -0.2) is 9.69 Å². The lowest BCUT2D eigenvalue weighted by Gasteiger charge is -2.26. The van der Waals surface area contributed by atoms with E-state index in [2.05, 4.69) is 5.32 Å². The number of urea groups is 1. The summed E-state index contributed by atoms with van der Waals surface area (Å²) < 4.78 is 5.96. The number of rotatable bonds is 5. The summed E-state index contributed by atoms with van der Waals surface area (Å²) in [4.78, 5) is 39.0. The highest BCUT2D eigenvalue weighted by molar-refractivity contribution is 6.39. The molecule has 4 rings (SSSR count). The Kier molecular flexibility index (Phi) is 6.29. The lowest BCUT2D eigenvalue weighted by molar-refractivity contribution is -0.122. The Balaban J connectivity index is 1.67. The number of aryl methyl sites for hydroxylation is 2. The molecule has 0 atom stereocenters. The second kappa shape index (κ2) is 9.30. The van der Waals surface area contributed by atoms with Gasteiger partial charge < -0.3 is 4.74 Å². The van der Waals surface area contributed by atoms with Gasteiger partial charge in [0.05, 0.1) is 5.69 Å². The summed E-state index contributed by atoms with van der Waals surface area (Å²) >= 11 is 6.17. The van der Waals surface area contributed by atoms with Gasteiger partial charge in [0.1, 0.15) is 17.9 Å². The van der Waals surface area contributed by atoms with Crippen molar-refractivity contribution in [3.8, 4) is 5.75 Å². The topological polar surface area (TPSA) is 75.7 Å². The summed E-state index contributed by atoms with van der Waals surface area (Å²) in [6, 6.07) is 18.9. The monoisotopic (exact) mass is 460 g/mol. The molecular formula is C26H21ClN2O4. The molecule has 3 aromatic rings. The van der Waals surface area contributed by atoms with E-state index >= 15 is 0 Å². The third-order valence-corrected chi connectivity index (χ3v) is 5.38. The average molecular weight is 461 g/mol. The third-order valence-electron chi connectivity index (χ3n) is 5.14. The van der Waals surface area contributed by atoms with E-state index in [-0.39, 0.29) is 5.57 Å². The second-order valence-corrected chi connectivity index (χ2v) is 8.19. The first kappa shape index (κ1) is 22.3. The highest BCUT2D eigenvalue weighted by Gasteiger charge is 2.37. The summed E-state index contributed by atoms with van der Waals surface area (Å²) in [7, 11) is 0. The highest BCUT2D eigenvalue weighted by Crippen LogP contribution is 2.28. The number of hydrogen-bond donors (Lipinski definition) is 1. The van der Waals surface area contributed by atoms with Gasteiger partial charge in [0, 0.05) is 10.6 Å². The van der Waals surface area contributed by atoms with Gasteiger partial charge in [-0.15, -0.1) is 0 Å². The molecule has 166 valence electrons. The number of nitrogens with zero attached hydrogens (tertiary/aromatic N) is 1. The minimum absolute atomic E-state index is 0.196. The van der Waals surface area contributed by atoms with Crippen molar-refractivity contribution in [1.29, 1.82) is 0 Å². The van der Waals surface area contributed by atoms with Crippen LogP contribution in [0.15, 0.2) is 72.3 Å². The number of ether oxygens (including phenoxy) is 1. The Morgan fingerprint density at radius 3 is 2.42 bits per heavy atom. The maximum atomic E-state index is 13.2. The summed E-state index contributed by atoms with van der Waals surface area (Å²) in [6.45, 7) is 4.19. The van der Waals surface area contributed by atoms with Crippen LogP contribution in [0.25, 0.3) is 6.08 Å². The number of anilines is 1. The molecule has 1 saturated heterocycles. The molecule has 0 radical (unpaired) electrons. The molecule has 0 aliphatic carbocycles. The standard InChI is InChI=1S/C26H21ClN2O4/c1-16-6-9-21(10-7-16)29-25(31)22(24(30)28-26(29)32)14-19-13-20(27)8-11-23(19)33-15-18-5-3-4-17(2)12-18/h3-14H,15H2,1-2H3,(H,28,30,32)/b22-14+. The fraction of sp³-hybridized carbons (Fsp3) is 0.115. The molecule has 1 heterocycles. The van der Waals surface area contributed by atoms with Crippen LogP contribution in [-0.4, -0.2) is 17.8 Å². The predicted molar refractivity (Wildman–Crippen MR) is 127 cm³/mol. The Labute approximate surface area is 196 Å². The second-order valence-electron chi connectivity index (χ2n) is 7.75. The van der Waals surface area contributed by atoms with Crippen molar-refractivity contribution >= 4 is 41.2 Å². The fourth-order valence-corrected chi connectivity index (χ4v) is 3.65. The molecule has 1 aliphatic rings. The van der Waals surface area contributed by atoms with Gasteiger partial charge in [0.15, 0.2) is 0 Å². The van der Waals surface area contributed by atoms with Crippen LogP contribution < -0.4 is 15.0 Å². The number of carbonyl (C=O) groups is 3. The molecule has 4 amide bonds. The van der Waals surface area contributed by atoms with Crippen LogP contribution in [0.3, 0.4) is 0 Å². The van der Waals surface area contributed by atoms with Crippen LogP contribution in [0, 0.1) is 13.8 Å². The molecule has 1 N–H and O–H groups in total. The molecule has 0 aromatic heterocycles. The van der Waals surface area contributed by atoms with E-state index in [1.54, 1.807) is 42.5 Å². The molecule has 7 heteroatoms. The van der Waals surface area contributed by atoms with E-state index in [4.69, 9.17) is 16.3 Å². The zero-order valence-corrected chi connectivity index (χ0v) is 18.8. The Hall–Kier alpha value is -3.90. The third kappa shape index (κ3) is 4.96. The van der Waals surface area contributed by atoms with Crippen LogP contribution in [0.1, 0.15) is 22.3 Å². The predicted octanol–water partition coefficient (Wildman–Crippen LogP) is 5.20. The van der Waals surface area contributed by atoms with E-state index in [1.165, 1.54) is 6.08 Å². The molecule has 0 bridgehead atoms. The lowest BCUT2D eigenvalue weighted by Crippen LogP contribution is -2.54. The van der Waals surface area contributed by atoms with E-state index in [9.17, 15) is 14.4 Å². The van der Waals surface area contributed by atoms with Gasteiger partial charge in [-0.3, -0.25) is 14.9 Å². The van der Waals surface area contributed by atoms with Gasteiger partial charge in [-0.1, -0.05) is 59.1 Å². The quantitative estimate of drug-likeness (QED) is 0.419. The first-order chi connectivity index (χ1) is 15.8. The van der Waals surface area contributed by atoms with E-state index in [1.807, 2.05) is 38.1 Å². The minimum Gasteiger partial charge on any atom is -0.488 e. The zero-order valence-electron chi connectivity index (χ0n) is 18.1. The number of barbiturate groups is 1. The van der Waals surface area contributed by atoms with Crippen molar-refractivity contribution in [1.82, 2.24) is 5.32 Å². The van der Waals surface area contributed by atoms with Crippen LogP contribution in [-0.2, 0) is 16.2 Å². The molecular weight excluding hydrogens is 440 g/mol. The van der Waals surface area contributed by atoms with Crippen molar-refractivity contribution in [3.63, 3.8) is 0 Å². The van der Waals surface area contributed by atoms with Crippen LogP contribution in [0.5, 0.6) is 5.75 Å². The molecule has 0 unspecified atom stereocenters. The maximum Gasteiger partial charge on any atom is 0.335 e. The largest absolute Gasteiger partial charge is 0.488 e. The summed E-state index contributed by atoms with van der Waals surface area (Å²) in [5.74, 6) is -1.05. The van der Waals surface area contributed by atoms with Gasteiger partial charge >= 0.3 is 6.03 Å². The SMILES string of the molecule is Cc1ccc(N2C(=O)NC(=O)/C(=C\c3cc(Cl)ccc3OCc3cccc(C)c3)C2=O)cc1. The van der Waals surface area contributed by atoms with Crippen LogP contribution in [0.4, 0.5) is 10.5 Å². The molecule has 1 aliphatic heterocycles. The fourth-order valence-electron chi connectivity index (χ4n) is 3.47. The Morgan fingerprint density at radius 1 is 0.939 bits per heavy atom. The van der Waals surface area contributed by atoms with E-state index in [0.29, 0.717) is 28.6 Å². The molecule has 33 heavy (non-hydrogen) atoms. The summed E-state index contributed by atoms with van der Waals surface area (Å²) in [5.41, 5.74) is 3.68. The Morgan fingerprint density at radius 2 is 1.70 bits per heavy atom. The van der Waals surface area contributed by atoms with Crippen LogP contribution in [0.2, 0.25) is 5.02 Å². The van der Waals surface area contributed by atoms with Gasteiger partial charge in [-0.05, 0) is 55.8 Å². The normalized spacial score (nSPS) is 15.1. The molecule has 3 aromatic carbocycles.